The Kier molecular flexibility index (Phi) is 10.7. The predicted octanol–water partition coefficient (Wildman–Crippen LogP) is 7.03. The van der Waals surface area contributed by atoms with E-state index in [-0.39, 0.29) is 30.1 Å². The van der Waals surface area contributed by atoms with E-state index in [4.69, 9.17) is 24.1 Å². The van der Waals surface area contributed by atoms with Gasteiger partial charge in [0, 0.05) is 30.8 Å². The molecule has 2 aliphatic heterocycles. The zero-order valence-electron chi connectivity index (χ0n) is 23.2. The number of unbranched alkanes of at least 4 members (excludes halogenated alkanes) is 1. The molecule has 0 aromatic carbocycles. The van der Waals surface area contributed by atoms with Gasteiger partial charge < -0.3 is 24.1 Å². The van der Waals surface area contributed by atoms with Crippen molar-refractivity contribution in [3.8, 4) is 0 Å². The van der Waals surface area contributed by atoms with Crippen molar-refractivity contribution in [2.75, 3.05) is 19.8 Å². The highest BCUT2D eigenvalue weighted by Crippen LogP contribution is 2.50. The summed E-state index contributed by atoms with van der Waals surface area (Å²) in [4.78, 5) is 10.8. The molecule has 0 bridgehead atoms. The van der Waals surface area contributed by atoms with Crippen LogP contribution < -0.4 is 0 Å². The second-order valence-corrected chi connectivity index (χ2v) is 12.5. The van der Waals surface area contributed by atoms with Crippen LogP contribution in [0.3, 0.4) is 0 Å². The van der Waals surface area contributed by atoms with Crippen molar-refractivity contribution >= 4 is 5.97 Å². The SMILES string of the molecule is CC1(C)COC2(CCC(/C=C/C(OC3CCCCO3)C3CCCCC3)C2C/C=C\CCCC(=O)O)OC1. The monoisotopic (exact) mass is 518 g/mol. The fourth-order valence-corrected chi connectivity index (χ4v) is 6.50. The van der Waals surface area contributed by atoms with E-state index >= 15 is 0 Å². The molecule has 4 atom stereocenters. The number of carboxylic acid groups (broad SMARTS) is 1. The standard InChI is InChI=1S/C31H50O6/c1-30(2)22-35-31(36-23-30)20-19-24(26(31)14-8-3-4-9-15-28(32)33)17-18-27(25-12-6-5-7-13-25)37-29-16-10-11-21-34-29/h3,8,17-18,24-27,29H,4-7,9-16,19-23H2,1-2H3,(H,32,33)/b8-3-,18-17+. The summed E-state index contributed by atoms with van der Waals surface area (Å²) in [5, 5.41) is 8.90. The molecule has 0 amide bonds. The quantitative estimate of drug-likeness (QED) is 0.234. The molecule has 2 saturated carbocycles. The van der Waals surface area contributed by atoms with E-state index in [0.717, 1.165) is 58.3 Å². The summed E-state index contributed by atoms with van der Waals surface area (Å²) in [6, 6.07) is 0. The van der Waals surface area contributed by atoms with Crippen LogP contribution in [0.1, 0.15) is 104 Å². The number of rotatable bonds is 11. The lowest BCUT2D eigenvalue weighted by atomic mass is 9.83. The molecule has 2 heterocycles. The van der Waals surface area contributed by atoms with E-state index in [1.54, 1.807) is 0 Å². The molecule has 2 aliphatic carbocycles. The fraction of sp³-hybridized carbons (Fsp3) is 0.839. The summed E-state index contributed by atoms with van der Waals surface area (Å²) in [5.74, 6) is -0.0704. The lowest BCUT2D eigenvalue weighted by molar-refractivity contribution is -0.315. The van der Waals surface area contributed by atoms with E-state index < -0.39 is 11.8 Å². The number of hydrogen-bond acceptors (Lipinski definition) is 5. The van der Waals surface area contributed by atoms with Gasteiger partial charge in [-0.2, -0.15) is 0 Å². The molecule has 4 fully saturated rings. The van der Waals surface area contributed by atoms with Crippen LogP contribution in [0.4, 0.5) is 0 Å². The van der Waals surface area contributed by atoms with Crippen molar-refractivity contribution in [3.63, 3.8) is 0 Å². The third-order valence-corrected chi connectivity index (χ3v) is 8.75. The van der Waals surface area contributed by atoms with Crippen LogP contribution >= 0.6 is 0 Å². The van der Waals surface area contributed by atoms with Gasteiger partial charge in [0.25, 0.3) is 0 Å². The third-order valence-electron chi connectivity index (χ3n) is 8.75. The first kappa shape index (κ1) is 28.8. The smallest absolute Gasteiger partial charge is 0.303 e. The summed E-state index contributed by atoms with van der Waals surface area (Å²) < 4.78 is 25.6. The Labute approximate surface area is 224 Å². The molecule has 0 radical (unpaired) electrons. The van der Waals surface area contributed by atoms with Gasteiger partial charge in [0.1, 0.15) is 0 Å². The van der Waals surface area contributed by atoms with Crippen LogP contribution in [0.2, 0.25) is 0 Å². The second kappa shape index (κ2) is 13.7. The molecule has 4 rings (SSSR count). The van der Waals surface area contributed by atoms with Crippen LogP contribution in [0, 0.1) is 23.2 Å². The first-order chi connectivity index (χ1) is 17.9. The minimum Gasteiger partial charge on any atom is -0.481 e. The molecule has 6 heteroatoms. The number of hydrogen-bond donors (Lipinski definition) is 1. The van der Waals surface area contributed by atoms with Crippen LogP contribution in [0.5, 0.6) is 0 Å². The van der Waals surface area contributed by atoms with Crippen molar-refractivity contribution in [3.05, 3.63) is 24.3 Å². The Morgan fingerprint density at radius 2 is 1.78 bits per heavy atom. The molecular formula is C31H50O6. The summed E-state index contributed by atoms with van der Waals surface area (Å²) in [7, 11) is 0. The number of carboxylic acids is 1. The molecule has 0 aromatic rings. The maximum Gasteiger partial charge on any atom is 0.303 e. The lowest BCUT2D eigenvalue weighted by Gasteiger charge is -2.45. The maximum absolute atomic E-state index is 10.8. The Morgan fingerprint density at radius 1 is 1.03 bits per heavy atom. The average Bonchev–Trinajstić information content (AvgIpc) is 3.23. The Morgan fingerprint density at radius 3 is 2.49 bits per heavy atom. The number of aliphatic carboxylic acids is 1. The second-order valence-electron chi connectivity index (χ2n) is 12.5. The predicted molar refractivity (Wildman–Crippen MR) is 144 cm³/mol. The minimum atomic E-state index is -0.728. The third kappa shape index (κ3) is 8.39. The van der Waals surface area contributed by atoms with E-state index in [1.165, 1.54) is 38.5 Å². The molecule has 2 saturated heterocycles. The van der Waals surface area contributed by atoms with Gasteiger partial charge in [-0.3, -0.25) is 4.79 Å². The molecule has 0 aromatic heterocycles. The van der Waals surface area contributed by atoms with Gasteiger partial charge in [-0.15, -0.1) is 0 Å². The van der Waals surface area contributed by atoms with Crippen LogP contribution in [-0.4, -0.2) is 49.1 Å². The topological polar surface area (TPSA) is 74.2 Å². The Balaban J connectivity index is 1.44. The maximum atomic E-state index is 10.8. The van der Waals surface area contributed by atoms with Crippen molar-refractivity contribution in [1.82, 2.24) is 0 Å². The van der Waals surface area contributed by atoms with E-state index in [0.29, 0.717) is 18.3 Å². The molecule has 4 unspecified atom stereocenters. The number of allylic oxidation sites excluding steroid dienone is 3. The summed E-state index contributed by atoms with van der Waals surface area (Å²) >= 11 is 0. The average molecular weight is 519 g/mol. The number of carbonyl (C=O) groups is 1. The van der Waals surface area contributed by atoms with Gasteiger partial charge in [-0.05, 0) is 69.6 Å². The van der Waals surface area contributed by atoms with Crippen molar-refractivity contribution in [2.45, 2.75) is 122 Å². The zero-order chi connectivity index (χ0) is 26.1. The summed E-state index contributed by atoms with van der Waals surface area (Å²) in [6.45, 7) is 6.64. The summed E-state index contributed by atoms with van der Waals surface area (Å²) in [5.41, 5.74) is 0.0380. The highest BCUT2D eigenvalue weighted by molar-refractivity contribution is 5.66. The normalized spacial score (nSPS) is 31.4. The molecule has 210 valence electrons. The van der Waals surface area contributed by atoms with Crippen molar-refractivity contribution in [1.29, 1.82) is 0 Å². The molecular weight excluding hydrogens is 468 g/mol. The van der Waals surface area contributed by atoms with Crippen molar-refractivity contribution in [2.24, 2.45) is 23.2 Å². The minimum absolute atomic E-state index is 0.0380. The molecule has 1 N–H and O–H groups in total. The molecule has 1 spiro atoms. The van der Waals surface area contributed by atoms with Crippen molar-refractivity contribution < 1.29 is 28.8 Å². The van der Waals surface area contributed by atoms with Gasteiger partial charge in [0.15, 0.2) is 12.1 Å². The molecule has 37 heavy (non-hydrogen) atoms. The largest absolute Gasteiger partial charge is 0.481 e. The lowest BCUT2D eigenvalue weighted by Crippen LogP contribution is -2.50. The van der Waals surface area contributed by atoms with E-state index in [1.807, 2.05) is 0 Å². The molecule has 6 nitrogen and oxygen atoms in total. The van der Waals surface area contributed by atoms with Gasteiger partial charge in [0.2, 0.25) is 0 Å². The summed E-state index contributed by atoms with van der Waals surface area (Å²) in [6.07, 6.45) is 23.4. The Bertz CT molecular complexity index is 752. The first-order valence-corrected chi connectivity index (χ1v) is 15.0. The van der Waals surface area contributed by atoms with Gasteiger partial charge in [-0.25, -0.2) is 0 Å². The van der Waals surface area contributed by atoms with E-state index in [2.05, 4.69) is 38.2 Å². The highest BCUT2D eigenvalue weighted by atomic mass is 16.7. The highest BCUT2D eigenvalue weighted by Gasteiger charge is 2.52. The molecule has 4 aliphatic rings. The van der Waals surface area contributed by atoms with Crippen LogP contribution in [0.15, 0.2) is 24.3 Å². The fourth-order valence-electron chi connectivity index (χ4n) is 6.50. The van der Waals surface area contributed by atoms with Crippen LogP contribution in [-0.2, 0) is 23.7 Å². The van der Waals surface area contributed by atoms with Crippen LogP contribution in [0.25, 0.3) is 0 Å². The van der Waals surface area contributed by atoms with Gasteiger partial charge >= 0.3 is 5.97 Å². The van der Waals surface area contributed by atoms with Gasteiger partial charge in [0.05, 0.1) is 19.3 Å². The first-order valence-electron chi connectivity index (χ1n) is 15.0. The Hall–Kier alpha value is -1.21. The zero-order valence-corrected chi connectivity index (χ0v) is 23.2. The number of ether oxygens (including phenoxy) is 4. The van der Waals surface area contributed by atoms with Gasteiger partial charge in [-0.1, -0.05) is 57.4 Å². The van der Waals surface area contributed by atoms with E-state index in [9.17, 15) is 4.79 Å².